The van der Waals surface area contributed by atoms with Crippen LogP contribution >= 0.6 is 0 Å². The minimum absolute atomic E-state index is 0.657. The zero-order chi connectivity index (χ0) is 15.7. The molecule has 0 aromatic carbocycles. The van der Waals surface area contributed by atoms with Crippen LogP contribution in [0.5, 0.6) is 0 Å². The second-order valence-electron chi connectivity index (χ2n) is 6.98. The van der Waals surface area contributed by atoms with E-state index in [4.69, 9.17) is 4.74 Å². The van der Waals surface area contributed by atoms with Crippen molar-refractivity contribution < 1.29 is 4.74 Å². The Bertz CT molecular complexity index is 258. The molecule has 0 amide bonds. The van der Waals surface area contributed by atoms with Crippen LogP contribution in [0.25, 0.3) is 0 Å². The highest BCUT2D eigenvalue weighted by atomic mass is 16.5. The van der Waals surface area contributed by atoms with Crippen molar-refractivity contribution in [3.05, 3.63) is 0 Å². The SMILES string of the molecule is CCCNC1CCC(C)CC1CN(CCOC)C(C)CC. The molecule has 0 heterocycles. The fourth-order valence-corrected chi connectivity index (χ4v) is 3.56. The van der Waals surface area contributed by atoms with Crippen LogP contribution in [0.1, 0.15) is 59.8 Å². The van der Waals surface area contributed by atoms with E-state index >= 15 is 0 Å². The van der Waals surface area contributed by atoms with Gasteiger partial charge >= 0.3 is 0 Å². The number of methoxy groups -OCH3 is 1. The van der Waals surface area contributed by atoms with Gasteiger partial charge in [0.25, 0.3) is 0 Å². The van der Waals surface area contributed by atoms with E-state index in [1.807, 2.05) is 7.11 Å². The van der Waals surface area contributed by atoms with Crippen LogP contribution in [-0.4, -0.2) is 50.3 Å². The molecule has 1 N–H and O–H groups in total. The molecule has 126 valence electrons. The van der Waals surface area contributed by atoms with Gasteiger partial charge in [0.15, 0.2) is 0 Å². The summed E-state index contributed by atoms with van der Waals surface area (Å²) in [6.45, 7) is 13.6. The molecular weight excluding hydrogens is 260 g/mol. The molecule has 0 saturated heterocycles. The molecule has 0 spiro atoms. The average molecular weight is 299 g/mol. The minimum atomic E-state index is 0.657. The maximum absolute atomic E-state index is 5.31. The highest BCUT2D eigenvalue weighted by Gasteiger charge is 2.30. The van der Waals surface area contributed by atoms with E-state index in [9.17, 15) is 0 Å². The molecule has 1 aliphatic carbocycles. The predicted molar refractivity (Wildman–Crippen MR) is 91.8 cm³/mol. The summed E-state index contributed by atoms with van der Waals surface area (Å²) in [7, 11) is 1.81. The largest absolute Gasteiger partial charge is 0.383 e. The van der Waals surface area contributed by atoms with Crippen LogP contribution in [-0.2, 0) is 4.74 Å². The third-order valence-corrected chi connectivity index (χ3v) is 5.17. The van der Waals surface area contributed by atoms with E-state index in [0.717, 1.165) is 37.6 Å². The third-order valence-electron chi connectivity index (χ3n) is 5.17. The molecule has 0 aromatic rings. The number of nitrogens with one attached hydrogen (secondary N) is 1. The van der Waals surface area contributed by atoms with Gasteiger partial charge in [-0.1, -0.05) is 20.8 Å². The third kappa shape index (κ3) is 6.66. The molecule has 4 unspecified atom stereocenters. The summed E-state index contributed by atoms with van der Waals surface area (Å²) in [5, 5.41) is 3.80. The van der Waals surface area contributed by atoms with Gasteiger partial charge in [0, 0.05) is 32.3 Å². The Kier molecular flexibility index (Phi) is 9.54. The summed E-state index contributed by atoms with van der Waals surface area (Å²) >= 11 is 0. The first-order chi connectivity index (χ1) is 10.1. The van der Waals surface area contributed by atoms with Crippen molar-refractivity contribution >= 4 is 0 Å². The summed E-state index contributed by atoms with van der Waals surface area (Å²) in [6, 6.07) is 1.37. The summed E-state index contributed by atoms with van der Waals surface area (Å²) in [5.41, 5.74) is 0. The Hall–Kier alpha value is -0.120. The fraction of sp³-hybridized carbons (Fsp3) is 1.00. The number of rotatable bonds is 10. The lowest BCUT2D eigenvalue weighted by atomic mass is 9.78. The summed E-state index contributed by atoms with van der Waals surface area (Å²) in [6.07, 6.45) is 6.57. The molecule has 1 saturated carbocycles. The van der Waals surface area contributed by atoms with Crippen LogP contribution in [0.15, 0.2) is 0 Å². The van der Waals surface area contributed by atoms with Crippen LogP contribution in [0.4, 0.5) is 0 Å². The van der Waals surface area contributed by atoms with Crippen molar-refractivity contribution in [2.75, 3.05) is 33.4 Å². The van der Waals surface area contributed by atoms with Crippen molar-refractivity contribution in [1.82, 2.24) is 10.2 Å². The predicted octanol–water partition coefficient (Wildman–Crippen LogP) is 3.54. The van der Waals surface area contributed by atoms with E-state index < -0.39 is 0 Å². The van der Waals surface area contributed by atoms with E-state index in [1.54, 1.807) is 0 Å². The summed E-state index contributed by atoms with van der Waals surface area (Å²) in [4.78, 5) is 2.65. The average Bonchev–Trinajstić information content (AvgIpc) is 2.49. The zero-order valence-electron chi connectivity index (χ0n) is 15.0. The topological polar surface area (TPSA) is 24.5 Å². The van der Waals surface area contributed by atoms with Crippen LogP contribution in [0.2, 0.25) is 0 Å². The lowest BCUT2D eigenvalue weighted by Crippen LogP contribution is -2.48. The van der Waals surface area contributed by atoms with Gasteiger partial charge in [-0.2, -0.15) is 0 Å². The molecule has 0 radical (unpaired) electrons. The number of nitrogens with zero attached hydrogens (tertiary/aromatic N) is 1. The number of hydrogen-bond donors (Lipinski definition) is 1. The van der Waals surface area contributed by atoms with Crippen molar-refractivity contribution in [2.45, 2.75) is 71.9 Å². The van der Waals surface area contributed by atoms with Gasteiger partial charge in [0.2, 0.25) is 0 Å². The normalized spacial score (nSPS) is 28.0. The van der Waals surface area contributed by atoms with Gasteiger partial charge in [-0.25, -0.2) is 0 Å². The van der Waals surface area contributed by atoms with Crippen molar-refractivity contribution in [1.29, 1.82) is 0 Å². The highest BCUT2D eigenvalue weighted by molar-refractivity contribution is 4.86. The first-order valence-electron chi connectivity index (χ1n) is 9.08. The van der Waals surface area contributed by atoms with Crippen molar-refractivity contribution in [3.8, 4) is 0 Å². The molecule has 1 rings (SSSR count). The lowest BCUT2D eigenvalue weighted by molar-refractivity contribution is 0.0845. The highest BCUT2D eigenvalue weighted by Crippen LogP contribution is 2.30. The molecule has 0 bridgehead atoms. The molecule has 1 fully saturated rings. The Labute approximate surface area is 132 Å². The molecule has 1 aliphatic rings. The Morgan fingerprint density at radius 2 is 2.05 bits per heavy atom. The van der Waals surface area contributed by atoms with Gasteiger partial charge < -0.3 is 10.1 Å². The quantitative estimate of drug-likeness (QED) is 0.667. The summed E-state index contributed by atoms with van der Waals surface area (Å²) < 4.78 is 5.31. The van der Waals surface area contributed by atoms with Crippen molar-refractivity contribution in [2.24, 2.45) is 11.8 Å². The van der Waals surface area contributed by atoms with Crippen molar-refractivity contribution in [3.63, 3.8) is 0 Å². The van der Waals surface area contributed by atoms with E-state index in [2.05, 4.69) is 37.9 Å². The molecule has 4 atom stereocenters. The van der Waals surface area contributed by atoms with E-state index in [0.29, 0.717) is 6.04 Å². The summed E-state index contributed by atoms with van der Waals surface area (Å²) in [5.74, 6) is 1.68. The lowest BCUT2D eigenvalue weighted by Gasteiger charge is -2.40. The number of ether oxygens (including phenoxy) is 1. The maximum Gasteiger partial charge on any atom is 0.0589 e. The van der Waals surface area contributed by atoms with Gasteiger partial charge in [0.1, 0.15) is 0 Å². The fourth-order valence-electron chi connectivity index (χ4n) is 3.56. The number of hydrogen-bond acceptors (Lipinski definition) is 3. The Balaban J connectivity index is 2.61. The van der Waals surface area contributed by atoms with E-state index in [1.165, 1.54) is 38.6 Å². The zero-order valence-corrected chi connectivity index (χ0v) is 15.0. The van der Waals surface area contributed by atoms with Crippen LogP contribution in [0.3, 0.4) is 0 Å². The standard InChI is InChI=1S/C18H38N2O/c1-6-10-19-18-9-8-15(3)13-17(18)14-20(11-12-21-5)16(4)7-2/h15-19H,6-14H2,1-5H3. The Morgan fingerprint density at radius 1 is 1.29 bits per heavy atom. The smallest absolute Gasteiger partial charge is 0.0589 e. The van der Waals surface area contributed by atoms with Gasteiger partial charge in [-0.05, 0) is 57.4 Å². The van der Waals surface area contributed by atoms with Crippen LogP contribution < -0.4 is 5.32 Å². The molecule has 3 heteroatoms. The monoisotopic (exact) mass is 298 g/mol. The molecule has 0 aromatic heterocycles. The van der Waals surface area contributed by atoms with Gasteiger partial charge in [-0.3, -0.25) is 4.90 Å². The first kappa shape index (κ1) is 18.9. The first-order valence-corrected chi connectivity index (χ1v) is 9.08. The van der Waals surface area contributed by atoms with Gasteiger partial charge in [0.05, 0.1) is 6.61 Å². The second kappa shape index (κ2) is 10.6. The van der Waals surface area contributed by atoms with Crippen LogP contribution in [0, 0.1) is 11.8 Å². The second-order valence-corrected chi connectivity index (χ2v) is 6.98. The Morgan fingerprint density at radius 3 is 2.67 bits per heavy atom. The maximum atomic E-state index is 5.31. The minimum Gasteiger partial charge on any atom is -0.383 e. The molecule has 0 aliphatic heterocycles. The molecule has 3 nitrogen and oxygen atoms in total. The molecule has 21 heavy (non-hydrogen) atoms. The van der Waals surface area contributed by atoms with Gasteiger partial charge in [-0.15, -0.1) is 0 Å². The molecular formula is C18H38N2O. The van der Waals surface area contributed by atoms with E-state index in [-0.39, 0.29) is 0 Å².